The van der Waals surface area contributed by atoms with Crippen molar-refractivity contribution in [1.29, 1.82) is 0 Å². The topological polar surface area (TPSA) is 46.6 Å². The summed E-state index contributed by atoms with van der Waals surface area (Å²) in [7, 11) is 1.40. The average molecular weight is 183 g/mol. The fourth-order valence-electron chi connectivity index (χ4n) is 2.21. The van der Waals surface area contributed by atoms with Crippen molar-refractivity contribution >= 4 is 11.8 Å². The number of rotatable bonds is 1. The van der Waals surface area contributed by atoms with E-state index in [4.69, 9.17) is 0 Å². The molecule has 2 bridgehead atoms. The van der Waals surface area contributed by atoms with Crippen molar-refractivity contribution in [3.63, 3.8) is 0 Å². The third-order valence-corrected chi connectivity index (χ3v) is 3.00. The van der Waals surface area contributed by atoms with E-state index in [0.717, 1.165) is 13.0 Å². The van der Waals surface area contributed by atoms with Gasteiger partial charge in [-0.25, -0.2) is 0 Å². The highest BCUT2D eigenvalue weighted by atomic mass is 16.5. The summed E-state index contributed by atoms with van der Waals surface area (Å²) < 4.78 is 4.69. The molecule has 4 heteroatoms. The van der Waals surface area contributed by atoms with Crippen LogP contribution in [0.5, 0.6) is 0 Å². The molecular weight excluding hydrogens is 170 g/mol. The Balaban J connectivity index is 2.10. The largest absolute Gasteiger partial charge is 0.468 e. The number of piperidine rings is 3. The van der Waals surface area contributed by atoms with Crippen LogP contribution in [-0.4, -0.2) is 42.9 Å². The first kappa shape index (κ1) is 8.69. The maximum atomic E-state index is 11.3. The van der Waals surface area contributed by atoms with Gasteiger partial charge in [0.25, 0.3) is 0 Å². The zero-order valence-corrected chi connectivity index (χ0v) is 7.66. The van der Waals surface area contributed by atoms with Gasteiger partial charge in [0.2, 0.25) is 0 Å². The molecule has 13 heavy (non-hydrogen) atoms. The van der Waals surface area contributed by atoms with Gasteiger partial charge in [-0.05, 0) is 12.8 Å². The Hall–Kier alpha value is -0.900. The van der Waals surface area contributed by atoms with Gasteiger partial charge in [0.15, 0.2) is 0 Å². The van der Waals surface area contributed by atoms with Crippen LogP contribution in [0.2, 0.25) is 0 Å². The van der Waals surface area contributed by atoms with E-state index >= 15 is 0 Å². The van der Waals surface area contributed by atoms with E-state index in [1.165, 1.54) is 7.11 Å². The highest BCUT2D eigenvalue weighted by Crippen LogP contribution is 2.29. The molecule has 0 saturated carbocycles. The van der Waals surface area contributed by atoms with E-state index in [-0.39, 0.29) is 23.7 Å². The van der Waals surface area contributed by atoms with Crippen molar-refractivity contribution in [3.8, 4) is 0 Å². The fourth-order valence-corrected chi connectivity index (χ4v) is 2.21. The summed E-state index contributed by atoms with van der Waals surface area (Å²) >= 11 is 0. The molecule has 0 N–H and O–H groups in total. The monoisotopic (exact) mass is 183 g/mol. The van der Waals surface area contributed by atoms with Gasteiger partial charge in [-0.15, -0.1) is 0 Å². The van der Waals surface area contributed by atoms with E-state index in [2.05, 4.69) is 4.74 Å². The molecule has 0 spiro atoms. The summed E-state index contributed by atoms with van der Waals surface area (Å²) in [5, 5.41) is 0. The van der Waals surface area contributed by atoms with Gasteiger partial charge < -0.3 is 4.74 Å². The molecule has 72 valence electrons. The summed E-state index contributed by atoms with van der Waals surface area (Å²) in [5.74, 6) is 0.192. The van der Waals surface area contributed by atoms with Crippen molar-refractivity contribution in [1.82, 2.24) is 4.90 Å². The molecule has 3 atom stereocenters. The van der Waals surface area contributed by atoms with E-state index in [9.17, 15) is 9.59 Å². The highest BCUT2D eigenvalue weighted by Gasteiger charge is 2.42. The standard InChI is InChI=1S/C9H13NO3/c1-13-9(12)7-4-6-2-3-10(7)5-8(6)11/h6-7H,2-5H2,1H3. The molecule has 0 amide bonds. The van der Waals surface area contributed by atoms with E-state index < -0.39 is 0 Å². The van der Waals surface area contributed by atoms with Gasteiger partial charge in [-0.2, -0.15) is 0 Å². The number of hydrogen-bond acceptors (Lipinski definition) is 4. The lowest BCUT2D eigenvalue weighted by Crippen LogP contribution is -2.56. The minimum absolute atomic E-state index is 0.106. The number of ether oxygens (including phenoxy) is 1. The zero-order valence-electron chi connectivity index (χ0n) is 7.66. The van der Waals surface area contributed by atoms with Crippen molar-refractivity contribution in [2.24, 2.45) is 5.92 Å². The smallest absolute Gasteiger partial charge is 0.323 e. The first-order chi connectivity index (χ1) is 6.22. The van der Waals surface area contributed by atoms with Crippen LogP contribution in [-0.2, 0) is 14.3 Å². The molecule has 3 rings (SSSR count). The van der Waals surface area contributed by atoms with Crippen LogP contribution >= 0.6 is 0 Å². The molecule has 0 aromatic rings. The molecular formula is C9H13NO3. The summed E-state index contributed by atoms with van der Waals surface area (Å²) in [4.78, 5) is 24.5. The third-order valence-electron chi connectivity index (χ3n) is 3.00. The second kappa shape index (κ2) is 3.10. The SMILES string of the molecule is COC(=O)C1CC2CCN1CC2=O. The average Bonchev–Trinajstić information content (AvgIpc) is 2.17. The van der Waals surface area contributed by atoms with E-state index in [1.807, 2.05) is 4.90 Å². The van der Waals surface area contributed by atoms with Gasteiger partial charge >= 0.3 is 5.97 Å². The second-order valence-corrected chi connectivity index (χ2v) is 3.70. The number of ketones is 1. The Bertz CT molecular complexity index is 251. The van der Waals surface area contributed by atoms with Crippen LogP contribution in [0, 0.1) is 5.92 Å². The predicted molar refractivity (Wildman–Crippen MR) is 45.1 cm³/mol. The number of Topliss-reactive ketones (excluding diaryl/α,β-unsaturated/α-hetero) is 1. The first-order valence-electron chi connectivity index (χ1n) is 4.57. The van der Waals surface area contributed by atoms with Gasteiger partial charge in [-0.3, -0.25) is 14.5 Å². The Labute approximate surface area is 76.8 Å². The second-order valence-electron chi connectivity index (χ2n) is 3.70. The lowest BCUT2D eigenvalue weighted by Gasteiger charge is -2.42. The number of methoxy groups -OCH3 is 1. The molecule has 3 aliphatic rings. The van der Waals surface area contributed by atoms with Crippen molar-refractivity contribution < 1.29 is 14.3 Å². The Morgan fingerprint density at radius 3 is 2.85 bits per heavy atom. The van der Waals surface area contributed by atoms with Crippen LogP contribution in [0.4, 0.5) is 0 Å². The lowest BCUT2D eigenvalue weighted by molar-refractivity contribution is -0.154. The zero-order chi connectivity index (χ0) is 9.42. The Kier molecular flexibility index (Phi) is 2.07. The molecule has 3 aliphatic heterocycles. The van der Waals surface area contributed by atoms with Gasteiger partial charge in [0, 0.05) is 12.5 Å². The summed E-state index contributed by atoms with van der Waals surface area (Å²) in [5.41, 5.74) is 0. The van der Waals surface area contributed by atoms with Crippen LogP contribution in [0.25, 0.3) is 0 Å². The number of fused-ring (bicyclic) bond motifs is 3. The van der Waals surface area contributed by atoms with Crippen LogP contribution in [0.3, 0.4) is 0 Å². The Morgan fingerprint density at radius 1 is 1.62 bits per heavy atom. The minimum atomic E-state index is -0.197. The molecule has 4 nitrogen and oxygen atoms in total. The summed E-state index contributed by atoms with van der Waals surface area (Å²) in [6, 6.07) is -0.165. The number of carbonyl (C=O) groups excluding carboxylic acids is 2. The molecule has 0 aromatic heterocycles. The number of hydrogen-bond donors (Lipinski definition) is 0. The van der Waals surface area contributed by atoms with Gasteiger partial charge in [0.1, 0.15) is 11.8 Å². The fraction of sp³-hybridized carbons (Fsp3) is 0.778. The van der Waals surface area contributed by atoms with E-state index in [1.54, 1.807) is 0 Å². The molecule has 0 aromatic carbocycles. The third kappa shape index (κ3) is 1.35. The number of nitrogens with zero attached hydrogens (tertiary/aromatic N) is 1. The van der Waals surface area contributed by atoms with Crippen molar-refractivity contribution in [2.45, 2.75) is 18.9 Å². The van der Waals surface area contributed by atoms with Gasteiger partial charge in [0.05, 0.1) is 13.7 Å². The molecule has 0 aliphatic carbocycles. The minimum Gasteiger partial charge on any atom is -0.468 e. The number of carbonyl (C=O) groups is 2. The maximum Gasteiger partial charge on any atom is 0.323 e. The predicted octanol–water partition coefficient (Wildman–Crippen LogP) is -0.177. The molecule has 3 saturated heterocycles. The molecule has 0 radical (unpaired) electrons. The Morgan fingerprint density at radius 2 is 2.38 bits per heavy atom. The quantitative estimate of drug-likeness (QED) is 0.529. The van der Waals surface area contributed by atoms with Crippen LogP contribution in [0.15, 0.2) is 0 Å². The molecule has 3 heterocycles. The maximum absolute atomic E-state index is 11.3. The first-order valence-corrected chi connectivity index (χ1v) is 4.57. The highest BCUT2D eigenvalue weighted by molar-refractivity contribution is 5.88. The van der Waals surface area contributed by atoms with Crippen molar-refractivity contribution in [3.05, 3.63) is 0 Å². The molecule has 3 fully saturated rings. The molecule has 3 unspecified atom stereocenters. The van der Waals surface area contributed by atoms with Crippen molar-refractivity contribution in [2.75, 3.05) is 20.2 Å². The van der Waals surface area contributed by atoms with Crippen LogP contribution in [0.1, 0.15) is 12.8 Å². The number of esters is 1. The summed E-state index contributed by atoms with van der Waals surface area (Å²) in [6.07, 6.45) is 1.57. The normalized spacial score (nSPS) is 37.6. The van der Waals surface area contributed by atoms with Crippen LogP contribution < -0.4 is 0 Å². The lowest BCUT2D eigenvalue weighted by atomic mass is 9.82. The van der Waals surface area contributed by atoms with Gasteiger partial charge in [-0.1, -0.05) is 0 Å². The summed E-state index contributed by atoms with van der Waals surface area (Å²) in [6.45, 7) is 1.29. The van der Waals surface area contributed by atoms with E-state index in [0.29, 0.717) is 13.0 Å².